The van der Waals surface area contributed by atoms with E-state index in [9.17, 15) is 28.8 Å². The SMILES string of the molecule is C[C@H](NC(=O)CN)C(=O)NCC(=O)N[C@@H](CCC(=O)O)C(=O)N[C@@H](CO)C(=O)O. The van der Waals surface area contributed by atoms with E-state index in [1.807, 2.05) is 5.32 Å². The van der Waals surface area contributed by atoms with E-state index in [0.29, 0.717) is 0 Å². The molecule has 4 amide bonds. The number of nitrogens with two attached hydrogens (primary N) is 1. The molecule has 0 aliphatic carbocycles. The fourth-order valence-corrected chi connectivity index (χ4v) is 1.93. The van der Waals surface area contributed by atoms with Crippen molar-refractivity contribution in [2.24, 2.45) is 5.73 Å². The molecular weight excluding hydrogens is 394 g/mol. The lowest BCUT2D eigenvalue weighted by atomic mass is 10.1. The predicted octanol–water partition coefficient (Wildman–Crippen LogP) is -4.52. The van der Waals surface area contributed by atoms with Crippen molar-refractivity contribution in [3.05, 3.63) is 0 Å². The molecule has 3 atom stereocenters. The lowest BCUT2D eigenvalue weighted by Gasteiger charge is -2.20. The summed E-state index contributed by atoms with van der Waals surface area (Å²) >= 11 is 0. The van der Waals surface area contributed by atoms with E-state index in [4.69, 9.17) is 21.1 Å². The highest BCUT2D eigenvalue weighted by atomic mass is 16.4. The second-order valence-corrected chi connectivity index (χ2v) is 5.85. The standard InChI is InChI=1S/C15H25N5O9/c1-7(18-10(22)4-16)13(26)17-5-11(23)19-8(2-3-12(24)25)14(27)20-9(6-21)15(28)29/h7-9,21H,2-6,16H2,1H3,(H,17,26)(H,18,22)(H,19,23)(H,20,27)(H,24,25)(H,28,29)/t7-,8-,9-/m0/s1. The Hall–Kier alpha value is -3.26. The summed E-state index contributed by atoms with van der Waals surface area (Å²) < 4.78 is 0. The summed E-state index contributed by atoms with van der Waals surface area (Å²) in [5, 5.41) is 35.1. The van der Waals surface area contributed by atoms with Gasteiger partial charge in [0.15, 0.2) is 0 Å². The molecule has 0 radical (unpaired) electrons. The van der Waals surface area contributed by atoms with E-state index in [1.54, 1.807) is 0 Å². The zero-order chi connectivity index (χ0) is 22.6. The molecule has 0 aromatic heterocycles. The van der Waals surface area contributed by atoms with Crippen molar-refractivity contribution in [1.82, 2.24) is 21.3 Å². The lowest BCUT2D eigenvalue weighted by molar-refractivity contribution is -0.144. The number of carboxylic acid groups (broad SMARTS) is 2. The molecule has 14 heteroatoms. The first-order chi connectivity index (χ1) is 13.5. The summed E-state index contributed by atoms with van der Waals surface area (Å²) in [6.07, 6.45) is -0.870. The van der Waals surface area contributed by atoms with Crippen LogP contribution in [-0.2, 0) is 28.8 Å². The number of aliphatic hydroxyl groups is 1. The van der Waals surface area contributed by atoms with Crippen LogP contribution in [0.1, 0.15) is 19.8 Å². The Morgan fingerprint density at radius 1 is 0.897 bits per heavy atom. The average Bonchev–Trinajstić information content (AvgIpc) is 2.66. The largest absolute Gasteiger partial charge is 0.481 e. The quantitative estimate of drug-likeness (QED) is 0.142. The molecule has 0 aliphatic heterocycles. The number of hydrogen-bond acceptors (Lipinski definition) is 8. The monoisotopic (exact) mass is 419 g/mol. The summed E-state index contributed by atoms with van der Waals surface area (Å²) in [5.41, 5.74) is 5.10. The van der Waals surface area contributed by atoms with Crippen molar-refractivity contribution in [3.8, 4) is 0 Å². The van der Waals surface area contributed by atoms with Crippen molar-refractivity contribution < 1.29 is 44.1 Å². The van der Waals surface area contributed by atoms with E-state index in [2.05, 4.69) is 16.0 Å². The van der Waals surface area contributed by atoms with Crippen LogP contribution in [0, 0.1) is 0 Å². The third kappa shape index (κ3) is 10.6. The summed E-state index contributed by atoms with van der Waals surface area (Å²) in [4.78, 5) is 68.6. The normalized spacial score (nSPS) is 13.3. The summed E-state index contributed by atoms with van der Waals surface area (Å²) in [6.45, 7) is -0.488. The molecule has 0 bridgehead atoms. The first-order valence-corrected chi connectivity index (χ1v) is 8.44. The number of hydrogen-bond donors (Lipinski definition) is 8. The van der Waals surface area contributed by atoms with Gasteiger partial charge in [0.2, 0.25) is 23.6 Å². The molecule has 0 spiro atoms. The van der Waals surface area contributed by atoms with Crippen molar-refractivity contribution in [1.29, 1.82) is 0 Å². The highest BCUT2D eigenvalue weighted by molar-refractivity contribution is 5.93. The van der Waals surface area contributed by atoms with Gasteiger partial charge in [0.05, 0.1) is 19.7 Å². The van der Waals surface area contributed by atoms with Crippen LogP contribution in [0.2, 0.25) is 0 Å². The summed E-state index contributed by atoms with van der Waals surface area (Å²) in [7, 11) is 0. The Bertz CT molecular complexity index is 640. The zero-order valence-electron chi connectivity index (χ0n) is 15.6. The number of aliphatic carboxylic acids is 2. The van der Waals surface area contributed by atoms with E-state index in [0.717, 1.165) is 0 Å². The van der Waals surface area contributed by atoms with Crippen molar-refractivity contribution in [2.75, 3.05) is 19.7 Å². The van der Waals surface area contributed by atoms with Crippen LogP contribution >= 0.6 is 0 Å². The van der Waals surface area contributed by atoms with Crippen molar-refractivity contribution in [2.45, 2.75) is 37.9 Å². The van der Waals surface area contributed by atoms with Gasteiger partial charge >= 0.3 is 11.9 Å². The molecule has 0 aromatic rings. The first-order valence-electron chi connectivity index (χ1n) is 8.44. The lowest BCUT2D eigenvalue weighted by Crippen LogP contribution is -2.54. The number of carboxylic acids is 2. The predicted molar refractivity (Wildman–Crippen MR) is 95.1 cm³/mol. The molecule has 0 fully saturated rings. The number of amides is 4. The minimum absolute atomic E-state index is 0.330. The molecule has 0 unspecified atom stereocenters. The average molecular weight is 419 g/mol. The minimum atomic E-state index is -1.64. The number of nitrogens with one attached hydrogen (secondary N) is 4. The molecule has 0 heterocycles. The van der Waals surface area contributed by atoms with Crippen LogP contribution in [0.3, 0.4) is 0 Å². The highest BCUT2D eigenvalue weighted by Gasteiger charge is 2.27. The molecule has 0 aliphatic rings. The maximum absolute atomic E-state index is 12.1. The third-order valence-corrected chi connectivity index (χ3v) is 3.48. The van der Waals surface area contributed by atoms with Crippen LogP contribution in [0.5, 0.6) is 0 Å². The van der Waals surface area contributed by atoms with Crippen LogP contribution in [0.4, 0.5) is 0 Å². The summed E-state index contributed by atoms with van der Waals surface area (Å²) in [5.74, 6) is -5.95. The van der Waals surface area contributed by atoms with Crippen LogP contribution in [-0.4, -0.2) is 88.7 Å². The molecular formula is C15H25N5O9. The smallest absolute Gasteiger partial charge is 0.328 e. The van der Waals surface area contributed by atoms with Gasteiger partial charge in [0.25, 0.3) is 0 Å². The zero-order valence-corrected chi connectivity index (χ0v) is 15.6. The number of carbonyl (C=O) groups is 6. The minimum Gasteiger partial charge on any atom is -0.481 e. The van der Waals surface area contributed by atoms with Crippen LogP contribution in [0.25, 0.3) is 0 Å². The topological polar surface area (TPSA) is 237 Å². The summed E-state index contributed by atoms with van der Waals surface area (Å²) in [6, 6.07) is -4.04. The van der Waals surface area contributed by atoms with Gasteiger partial charge in [-0.15, -0.1) is 0 Å². The molecule has 29 heavy (non-hydrogen) atoms. The van der Waals surface area contributed by atoms with Gasteiger partial charge in [-0.1, -0.05) is 0 Å². The second kappa shape index (κ2) is 13.0. The van der Waals surface area contributed by atoms with E-state index >= 15 is 0 Å². The molecule has 14 nitrogen and oxygen atoms in total. The number of rotatable bonds is 13. The Kier molecular flexibility index (Phi) is 11.5. The van der Waals surface area contributed by atoms with E-state index in [-0.39, 0.29) is 13.0 Å². The van der Waals surface area contributed by atoms with Gasteiger partial charge < -0.3 is 42.3 Å². The highest BCUT2D eigenvalue weighted by Crippen LogP contribution is 2.00. The van der Waals surface area contributed by atoms with Gasteiger partial charge in [0.1, 0.15) is 18.1 Å². The van der Waals surface area contributed by atoms with Crippen LogP contribution in [0.15, 0.2) is 0 Å². The Labute approximate surface area is 165 Å². The van der Waals surface area contributed by atoms with E-state index < -0.39 is 73.3 Å². The number of carbonyl (C=O) groups excluding carboxylic acids is 4. The Balaban J connectivity index is 4.84. The molecule has 164 valence electrons. The maximum Gasteiger partial charge on any atom is 0.328 e. The Morgan fingerprint density at radius 3 is 2.00 bits per heavy atom. The first kappa shape index (κ1) is 25.7. The fourth-order valence-electron chi connectivity index (χ4n) is 1.93. The van der Waals surface area contributed by atoms with Crippen molar-refractivity contribution >= 4 is 35.6 Å². The van der Waals surface area contributed by atoms with Gasteiger partial charge in [0, 0.05) is 6.42 Å². The van der Waals surface area contributed by atoms with Gasteiger partial charge in [-0.2, -0.15) is 0 Å². The maximum atomic E-state index is 12.1. The third-order valence-electron chi connectivity index (χ3n) is 3.48. The molecule has 0 saturated carbocycles. The van der Waals surface area contributed by atoms with Gasteiger partial charge in [-0.3, -0.25) is 24.0 Å². The molecule has 0 saturated heterocycles. The van der Waals surface area contributed by atoms with Gasteiger partial charge in [-0.05, 0) is 13.3 Å². The van der Waals surface area contributed by atoms with Crippen molar-refractivity contribution in [3.63, 3.8) is 0 Å². The number of aliphatic hydroxyl groups excluding tert-OH is 1. The second-order valence-electron chi connectivity index (χ2n) is 5.85. The van der Waals surface area contributed by atoms with Crippen LogP contribution < -0.4 is 27.0 Å². The molecule has 0 aromatic carbocycles. The van der Waals surface area contributed by atoms with Gasteiger partial charge in [-0.25, -0.2) is 4.79 Å². The molecule has 0 rings (SSSR count). The molecule has 9 N–H and O–H groups in total. The van der Waals surface area contributed by atoms with E-state index in [1.165, 1.54) is 6.92 Å². The Morgan fingerprint density at radius 2 is 1.52 bits per heavy atom. The fraction of sp³-hybridized carbons (Fsp3) is 0.600.